The number of amides is 2. The van der Waals surface area contributed by atoms with E-state index in [0.29, 0.717) is 18.9 Å². The second-order valence-corrected chi connectivity index (χ2v) is 6.35. The van der Waals surface area contributed by atoms with Crippen LogP contribution in [-0.4, -0.2) is 25.0 Å². The Morgan fingerprint density at radius 1 is 1.19 bits per heavy atom. The third-order valence-corrected chi connectivity index (χ3v) is 4.55. The predicted octanol–water partition coefficient (Wildman–Crippen LogP) is 3.64. The molecule has 5 heteroatoms. The van der Waals surface area contributed by atoms with Gasteiger partial charge in [-0.2, -0.15) is 0 Å². The third kappa shape index (κ3) is 3.87. The molecule has 1 aliphatic heterocycles. The minimum Gasteiger partial charge on any atom is -0.492 e. The molecule has 26 heavy (non-hydrogen) atoms. The van der Waals surface area contributed by atoms with Crippen molar-refractivity contribution in [3.8, 4) is 5.75 Å². The molecule has 1 N–H and O–H groups in total. The van der Waals surface area contributed by atoms with Crippen LogP contribution in [0.3, 0.4) is 0 Å². The maximum atomic E-state index is 12.6. The van der Waals surface area contributed by atoms with E-state index in [4.69, 9.17) is 4.74 Å². The van der Waals surface area contributed by atoms with Crippen molar-refractivity contribution in [1.82, 2.24) is 0 Å². The smallest absolute Gasteiger partial charge is 0.229 e. The normalized spacial score (nSPS) is 16.6. The first-order valence-electron chi connectivity index (χ1n) is 9.04. The molecule has 0 spiro atoms. The highest BCUT2D eigenvalue weighted by Crippen LogP contribution is 2.33. The summed E-state index contributed by atoms with van der Waals surface area (Å²) in [7, 11) is 0. The molecule has 0 bridgehead atoms. The first kappa shape index (κ1) is 18.0. The number of rotatable bonds is 6. The Bertz CT molecular complexity index is 803. The predicted molar refractivity (Wildman–Crippen MR) is 103 cm³/mol. The molecule has 3 rings (SSSR count). The number of para-hydroxylation sites is 2. The Hall–Kier alpha value is -2.82. The molecule has 1 unspecified atom stereocenters. The highest BCUT2D eigenvalue weighted by atomic mass is 16.5. The summed E-state index contributed by atoms with van der Waals surface area (Å²) in [6.45, 7) is 4.87. The van der Waals surface area contributed by atoms with Gasteiger partial charge >= 0.3 is 0 Å². The van der Waals surface area contributed by atoms with E-state index in [1.165, 1.54) is 0 Å². The lowest BCUT2D eigenvalue weighted by molar-refractivity contribution is -0.122. The molecule has 0 saturated carbocycles. The number of hydrogen-bond acceptors (Lipinski definition) is 3. The summed E-state index contributed by atoms with van der Waals surface area (Å²) in [6.07, 6.45) is 1.12. The van der Waals surface area contributed by atoms with Crippen molar-refractivity contribution < 1.29 is 14.3 Å². The van der Waals surface area contributed by atoms with Crippen molar-refractivity contribution >= 4 is 23.2 Å². The van der Waals surface area contributed by atoms with Crippen molar-refractivity contribution in [2.45, 2.75) is 26.7 Å². The minimum atomic E-state index is -0.373. The van der Waals surface area contributed by atoms with Gasteiger partial charge in [-0.05, 0) is 43.2 Å². The average Bonchev–Trinajstić information content (AvgIpc) is 3.04. The van der Waals surface area contributed by atoms with Crippen LogP contribution in [0, 0.1) is 5.92 Å². The zero-order chi connectivity index (χ0) is 18.5. The highest BCUT2D eigenvalue weighted by molar-refractivity contribution is 6.04. The lowest BCUT2D eigenvalue weighted by Gasteiger charge is -2.20. The molecule has 0 aromatic heterocycles. The maximum absolute atomic E-state index is 12.6. The lowest BCUT2D eigenvalue weighted by atomic mass is 10.1. The van der Waals surface area contributed by atoms with E-state index in [0.717, 1.165) is 23.4 Å². The molecule has 2 aromatic carbocycles. The SMILES string of the molecule is CCOc1ccccc1N1CC(C(=O)Nc2cccc(CC)c2)CC1=O. The third-order valence-electron chi connectivity index (χ3n) is 4.55. The van der Waals surface area contributed by atoms with Gasteiger partial charge in [-0.3, -0.25) is 9.59 Å². The number of nitrogens with zero attached hydrogens (tertiary/aromatic N) is 1. The molecule has 1 fully saturated rings. The fraction of sp³-hybridized carbons (Fsp3) is 0.333. The zero-order valence-corrected chi connectivity index (χ0v) is 15.2. The van der Waals surface area contributed by atoms with Crippen LogP contribution in [0.4, 0.5) is 11.4 Å². The van der Waals surface area contributed by atoms with E-state index in [1.807, 2.05) is 55.5 Å². The number of hydrogen-bond donors (Lipinski definition) is 1. The van der Waals surface area contributed by atoms with E-state index in [9.17, 15) is 9.59 Å². The Labute approximate surface area is 154 Å². The Morgan fingerprint density at radius 2 is 2.00 bits per heavy atom. The summed E-state index contributed by atoms with van der Waals surface area (Å²) in [5, 5.41) is 2.94. The van der Waals surface area contributed by atoms with Gasteiger partial charge in [0, 0.05) is 18.7 Å². The van der Waals surface area contributed by atoms with Crippen LogP contribution >= 0.6 is 0 Å². The minimum absolute atomic E-state index is 0.0559. The van der Waals surface area contributed by atoms with Crippen molar-refractivity contribution in [2.24, 2.45) is 5.92 Å². The van der Waals surface area contributed by atoms with Gasteiger partial charge in [-0.25, -0.2) is 0 Å². The summed E-state index contributed by atoms with van der Waals surface area (Å²) in [5.74, 6) is 0.116. The van der Waals surface area contributed by atoms with E-state index in [1.54, 1.807) is 4.90 Å². The molecule has 1 heterocycles. The van der Waals surface area contributed by atoms with Crippen LogP contribution < -0.4 is 15.0 Å². The second kappa shape index (κ2) is 8.04. The lowest BCUT2D eigenvalue weighted by Crippen LogP contribution is -2.28. The van der Waals surface area contributed by atoms with E-state index >= 15 is 0 Å². The van der Waals surface area contributed by atoms with Gasteiger partial charge in [-0.15, -0.1) is 0 Å². The van der Waals surface area contributed by atoms with E-state index in [-0.39, 0.29) is 24.2 Å². The van der Waals surface area contributed by atoms with Crippen molar-refractivity contribution in [2.75, 3.05) is 23.4 Å². The molecule has 136 valence electrons. The maximum Gasteiger partial charge on any atom is 0.229 e. The van der Waals surface area contributed by atoms with Gasteiger partial charge in [0.1, 0.15) is 5.75 Å². The Morgan fingerprint density at radius 3 is 2.77 bits per heavy atom. The highest BCUT2D eigenvalue weighted by Gasteiger charge is 2.36. The molecule has 0 aliphatic carbocycles. The number of carbonyl (C=O) groups is 2. The first-order valence-corrected chi connectivity index (χ1v) is 9.04. The number of aryl methyl sites for hydroxylation is 1. The van der Waals surface area contributed by atoms with Gasteiger partial charge in [-0.1, -0.05) is 31.2 Å². The Kier molecular flexibility index (Phi) is 5.56. The average molecular weight is 352 g/mol. The number of benzene rings is 2. The fourth-order valence-corrected chi connectivity index (χ4v) is 3.19. The van der Waals surface area contributed by atoms with Gasteiger partial charge in [0.15, 0.2) is 0 Å². The van der Waals surface area contributed by atoms with E-state index in [2.05, 4.69) is 12.2 Å². The van der Waals surface area contributed by atoms with Crippen LogP contribution in [0.1, 0.15) is 25.8 Å². The number of ether oxygens (including phenoxy) is 1. The van der Waals surface area contributed by atoms with Crippen molar-refractivity contribution in [3.63, 3.8) is 0 Å². The van der Waals surface area contributed by atoms with Crippen LogP contribution in [0.2, 0.25) is 0 Å². The number of carbonyl (C=O) groups excluding carboxylic acids is 2. The molecule has 1 saturated heterocycles. The van der Waals surface area contributed by atoms with Crippen molar-refractivity contribution in [3.05, 3.63) is 54.1 Å². The topological polar surface area (TPSA) is 58.6 Å². The molecule has 2 aromatic rings. The van der Waals surface area contributed by atoms with Gasteiger partial charge in [0.25, 0.3) is 0 Å². The molecule has 5 nitrogen and oxygen atoms in total. The Balaban J connectivity index is 1.72. The second-order valence-electron chi connectivity index (χ2n) is 6.35. The van der Waals surface area contributed by atoms with Gasteiger partial charge < -0.3 is 15.0 Å². The van der Waals surface area contributed by atoms with Gasteiger partial charge in [0.2, 0.25) is 11.8 Å². The number of anilines is 2. The number of nitrogens with one attached hydrogen (secondary N) is 1. The molecular formula is C21H24N2O3. The van der Waals surface area contributed by atoms with Gasteiger partial charge in [0.05, 0.1) is 18.2 Å². The fourth-order valence-electron chi connectivity index (χ4n) is 3.19. The first-order chi connectivity index (χ1) is 12.6. The summed E-state index contributed by atoms with van der Waals surface area (Å²) >= 11 is 0. The summed E-state index contributed by atoms with van der Waals surface area (Å²) in [5.41, 5.74) is 2.66. The van der Waals surface area contributed by atoms with E-state index < -0.39 is 0 Å². The standard InChI is InChI=1S/C21H24N2O3/c1-3-15-8-7-9-17(12-15)22-21(25)16-13-20(24)23(14-16)18-10-5-6-11-19(18)26-4-2/h5-12,16H,3-4,13-14H2,1-2H3,(H,22,25). The molecule has 1 aliphatic rings. The molecule has 0 radical (unpaired) electrons. The summed E-state index contributed by atoms with van der Waals surface area (Å²) in [6, 6.07) is 15.2. The summed E-state index contributed by atoms with van der Waals surface area (Å²) in [4.78, 5) is 26.8. The van der Waals surface area contributed by atoms with Crippen LogP contribution in [0.15, 0.2) is 48.5 Å². The molecule has 1 atom stereocenters. The van der Waals surface area contributed by atoms with Crippen LogP contribution in [0.5, 0.6) is 5.75 Å². The van der Waals surface area contributed by atoms with Crippen LogP contribution in [-0.2, 0) is 16.0 Å². The summed E-state index contributed by atoms with van der Waals surface area (Å²) < 4.78 is 5.62. The molecular weight excluding hydrogens is 328 g/mol. The zero-order valence-electron chi connectivity index (χ0n) is 15.2. The monoisotopic (exact) mass is 352 g/mol. The quantitative estimate of drug-likeness (QED) is 0.863. The molecule has 2 amide bonds. The van der Waals surface area contributed by atoms with Crippen molar-refractivity contribution in [1.29, 1.82) is 0 Å². The largest absolute Gasteiger partial charge is 0.492 e. The van der Waals surface area contributed by atoms with Crippen LogP contribution in [0.25, 0.3) is 0 Å².